The molecule has 26 heavy (non-hydrogen) atoms. The Morgan fingerprint density at radius 1 is 1.12 bits per heavy atom. The molecule has 3 rings (SSSR count). The van der Waals surface area contributed by atoms with E-state index >= 15 is 0 Å². The molecule has 1 N–H and O–H groups in total. The monoisotopic (exact) mass is 373 g/mol. The molecule has 0 aromatic heterocycles. The number of esters is 1. The predicted molar refractivity (Wildman–Crippen MR) is 98.2 cm³/mol. The summed E-state index contributed by atoms with van der Waals surface area (Å²) in [5.41, 5.74) is 1.36. The molecule has 0 heterocycles. The standard InChI is InChI=1S/C20H20ClNO4/c21-17-5-1-3-15(9-17)13-25-18-6-2-4-16(10-18)20(24)22-11-19(23)26-12-14-7-8-14/h1-6,9-10,14H,7-8,11-13H2,(H,22,24). The SMILES string of the molecule is O=C(CNC(=O)c1cccc(OCc2cccc(Cl)c2)c1)OCC1CC1. The molecule has 0 spiro atoms. The number of benzene rings is 2. The number of nitrogens with one attached hydrogen (secondary N) is 1. The molecule has 1 aliphatic carbocycles. The second kappa shape index (κ2) is 8.72. The van der Waals surface area contributed by atoms with E-state index in [1.165, 1.54) is 0 Å². The Morgan fingerprint density at radius 2 is 1.92 bits per heavy atom. The molecular formula is C20H20ClNO4. The topological polar surface area (TPSA) is 64.6 Å². The first-order chi connectivity index (χ1) is 12.6. The smallest absolute Gasteiger partial charge is 0.325 e. The van der Waals surface area contributed by atoms with Crippen LogP contribution in [0.4, 0.5) is 0 Å². The highest BCUT2D eigenvalue weighted by Gasteiger charge is 2.23. The first-order valence-electron chi connectivity index (χ1n) is 8.51. The molecule has 0 aliphatic heterocycles. The average molecular weight is 374 g/mol. The zero-order chi connectivity index (χ0) is 18.4. The Bertz CT molecular complexity index is 789. The Morgan fingerprint density at radius 3 is 2.69 bits per heavy atom. The lowest BCUT2D eigenvalue weighted by atomic mass is 10.2. The zero-order valence-corrected chi connectivity index (χ0v) is 15.0. The summed E-state index contributed by atoms with van der Waals surface area (Å²) in [4.78, 5) is 23.8. The summed E-state index contributed by atoms with van der Waals surface area (Å²) in [7, 11) is 0. The van der Waals surface area contributed by atoms with Crippen molar-refractivity contribution in [2.45, 2.75) is 19.4 Å². The maximum absolute atomic E-state index is 12.2. The highest BCUT2D eigenvalue weighted by molar-refractivity contribution is 6.30. The van der Waals surface area contributed by atoms with Crippen molar-refractivity contribution in [1.82, 2.24) is 5.32 Å². The number of hydrogen-bond donors (Lipinski definition) is 1. The fourth-order valence-electron chi connectivity index (χ4n) is 2.32. The average Bonchev–Trinajstić information content (AvgIpc) is 3.47. The van der Waals surface area contributed by atoms with Crippen molar-refractivity contribution in [3.05, 3.63) is 64.7 Å². The summed E-state index contributed by atoms with van der Waals surface area (Å²) in [5.74, 6) is 0.303. The molecule has 1 aliphatic rings. The summed E-state index contributed by atoms with van der Waals surface area (Å²) in [5, 5.41) is 3.21. The number of ether oxygens (including phenoxy) is 2. The Hall–Kier alpha value is -2.53. The minimum atomic E-state index is -0.418. The van der Waals surface area contributed by atoms with E-state index in [0.29, 0.717) is 35.5 Å². The van der Waals surface area contributed by atoms with E-state index in [4.69, 9.17) is 21.1 Å². The zero-order valence-electron chi connectivity index (χ0n) is 14.2. The van der Waals surface area contributed by atoms with Crippen molar-refractivity contribution >= 4 is 23.5 Å². The van der Waals surface area contributed by atoms with Crippen LogP contribution < -0.4 is 10.1 Å². The van der Waals surface area contributed by atoms with E-state index in [1.54, 1.807) is 30.3 Å². The van der Waals surface area contributed by atoms with E-state index in [2.05, 4.69) is 5.32 Å². The number of rotatable bonds is 8. The van der Waals surface area contributed by atoms with E-state index in [0.717, 1.165) is 18.4 Å². The van der Waals surface area contributed by atoms with Gasteiger partial charge in [-0.1, -0.05) is 29.8 Å². The van der Waals surface area contributed by atoms with Crippen LogP contribution in [0.1, 0.15) is 28.8 Å². The fraction of sp³-hybridized carbons (Fsp3) is 0.300. The van der Waals surface area contributed by atoms with Gasteiger partial charge >= 0.3 is 5.97 Å². The van der Waals surface area contributed by atoms with Gasteiger partial charge in [0.1, 0.15) is 18.9 Å². The second-order valence-corrected chi connectivity index (χ2v) is 6.69. The molecule has 6 heteroatoms. The summed E-state index contributed by atoms with van der Waals surface area (Å²) in [6.07, 6.45) is 2.23. The van der Waals surface area contributed by atoms with E-state index in [9.17, 15) is 9.59 Å². The number of carbonyl (C=O) groups is 2. The molecule has 0 saturated heterocycles. The predicted octanol–water partition coefficient (Wildman–Crippen LogP) is 3.60. The highest BCUT2D eigenvalue weighted by atomic mass is 35.5. The Labute approximate surface area is 157 Å². The van der Waals surface area contributed by atoms with Crippen molar-refractivity contribution in [3.8, 4) is 5.75 Å². The van der Waals surface area contributed by atoms with Crippen LogP contribution in [0.2, 0.25) is 5.02 Å². The van der Waals surface area contributed by atoms with Gasteiger partial charge in [0.2, 0.25) is 0 Å². The summed E-state index contributed by atoms with van der Waals surface area (Å²) in [6.45, 7) is 0.653. The van der Waals surface area contributed by atoms with Gasteiger partial charge in [-0.2, -0.15) is 0 Å². The second-order valence-electron chi connectivity index (χ2n) is 6.26. The van der Waals surface area contributed by atoms with E-state index < -0.39 is 5.97 Å². The molecule has 2 aromatic carbocycles. The number of amides is 1. The van der Waals surface area contributed by atoms with E-state index in [-0.39, 0.29) is 12.5 Å². The minimum Gasteiger partial charge on any atom is -0.489 e. The van der Waals surface area contributed by atoms with Crippen LogP contribution in [0.25, 0.3) is 0 Å². The highest BCUT2D eigenvalue weighted by Crippen LogP contribution is 2.28. The third kappa shape index (κ3) is 5.77. The van der Waals surface area contributed by atoms with Gasteiger partial charge in [0, 0.05) is 10.6 Å². The van der Waals surface area contributed by atoms with Gasteiger partial charge in [-0.25, -0.2) is 0 Å². The number of hydrogen-bond acceptors (Lipinski definition) is 4. The van der Waals surface area contributed by atoms with Gasteiger partial charge in [-0.05, 0) is 54.7 Å². The first-order valence-corrected chi connectivity index (χ1v) is 8.89. The van der Waals surface area contributed by atoms with Gasteiger partial charge < -0.3 is 14.8 Å². The number of halogens is 1. The maximum atomic E-state index is 12.2. The van der Waals surface area contributed by atoms with Crippen LogP contribution >= 0.6 is 11.6 Å². The van der Waals surface area contributed by atoms with Crippen LogP contribution in [0.15, 0.2) is 48.5 Å². The summed E-state index contributed by atoms with van der Waals surface area (Å²) in [6, 6.07) is 14.2. The first kappa shape index (κ1) is 18.3. The lowest BCUT2D eigenvalue weighted by Crippen LogP contribution is -2.30. The van der Waals surface area contributed by atoms with Gasteiger partial charge in [-0.15, -0.1) is 0 Å². The lowest BCUT2D eigenvalue weighted by Gasteiger charge is -2.09. The minimum absolute atomic E-state index is 0.140. The molecule has 0 atom stereocenters. The van der Waals surface area contributed by atoms with Crippen molar-refractivity contribution in [3.63, 3.8) is 0 Å². The van der Waals surface area contributed by atoms with Crippen LogP contribution in [0, 0.1) is 5.92 Å². The molecule has 1 fully saturated rings. The third-order valence-electron chi connectivity index (χ3n) is 3.96. The van der Waals surface area contributed by atoms with Crippen LogP contribution in [-0.4, -0.2) is 25.0 Å². The van der Waals surface area contributed by atoms with Crippen LogP contribution in [-0.2, 0) is 16.1 Å². The van der Waals surface area contributed by atoms with Gasteiger partial charge in [-0.3, -0.25) is 9.59 Å². The molecule has 136 valence electrons. The Balaban J connectivity index is 1.49. The molecule has 5 nitrogen and oxygen atoms in total. The molecule has 2 aromatic rings. The van der Waals surface area contributed by atoms with Crippen molar-refractivity contribution < 1.29 is 19.1 Å². The third-order valence-corrected chi connectivity index (χ3v) is 4.20. The lowest BCUT2D eigenvalue weighted by molar-refractivity contribution is -0.142. The molecular weight excluding hydrogens is 354 g/mol. The summed E-state index contributed by atoms with van der Waals surface area (Å²) < 4.78 is 10.8. The van der Waals surface area contributed by atoms with Gasteiger partial charge in [0.05, 0.1) is 6.61 Å². The number of carbonyl (C=O) groups excluding carboxylic acids is 2. The van der Waals surface area contributed by atoms with Crippen molar-refractivity contribution in [2.75, 3.05) is 13.2 Å². The maximum Gasteiger partial charge on any atom is 0.325 e. The fourth-order valence-corrected chi connectivity index (χ4v) is 2.53. The molecule has 0 radical (unpaired) electrons. The van der Waals surface area contributed by atoms with Crippen molar-refractivity contribution in [2.24, 2.45) is 5.92 Å². The van der Waals surface area contributed by atoms with E-state index in [1.807, 2.05) is 18.2 Å². The molecule has 0 bridgehead atoms. The van der Waals surface area contributed by atoms with Gasteiger partial charge in [0.25, 0.3) is 5.91 Å². The molecule has 1 saturated carbocycles. The normalized spacial score (nSPS) is 13.1. The van der Waals surface area contributed by atoms with Crippen LogP contribution in [0.5, 0.6) is 5.75 Å². The quantitative estimate of drug-likeness (QED) is 0.718. The molecule has 0 unspecified atom stereocenters. The summed E-state index contributed by atoms with van der Waals surface area (Å²) >= 11 is 5.95. The van der Waals surface area contributed by atoms with Crippen molar-refractivity contribution in [1.29, 1.82) is 0 Å². The van der Waals surface area contributed by atoms with Gasteiger partial charge in [0.15, 0.2) is 0 Å². The molecule has 1 amide bonds. The largest absolute Gasteiger partial charge is 0.489 e. The Kier molecular flexibility index (Phi) is 6.12. The van der Waals surface area contributed by atoms with Crippen LogP contribution in [0.3, 0.4) is 0 Å².